The molecule has 3 aromatic heterocycles. The Kier molecular flexibility index (Phi) is 6.15. The second-order valence-electron chi connectivity index (χ2n) is 12.4. The van der Waals surface area contributed by atoms with Crippen molar-refractivity contribution in [3.63, 3.8) is 0 Å². The van der Waals surface area contributed by atoms with E-state index in [0.29, 0.717) is 0 Å². The van der Waals surface area contributed by atoms with Crippen molar-refractivity contribution in [2.75, 3.05) is 4.90 Å². The van der Waals surface area contributed by atoms with E-state index < -0.39 is 0 Å². The Hall–Kier alpha value is -6.65. The summed E-state index contributed by atoms with van der Waals surface area (Å²) in [7, 11) is 0. The standard InChI is InChI=1S/C45H29N3O/c1-2-14-35-30(10-1)11-7-21-41(35)47(32-24-22-31(23-25-32)36-17-9-18-39-40-29-46-27-26-44(40)49-45(36)39)33-12-8-13-34(28-33)48-42-19-5-3-15-37(42)38-16-4-6-20-43(38)48/h1-29H. The predicted molar refractivity (Wildman–Crippen MR) is 203 cm³/mol. The predicted octanol–water partition coefficient (Wildman–Crippen LogP) is 12.4. The average molecular weight is 628 g/mol. The van der Waals surface area contributed by atoms with Crippen molar-refractivity contribution in [3.05, 3.63) is 176 Å². The lowest BCUT2D eigenvalue weighted by Gasteiger charge is -2.27. The van der Waals surface area contributed by atoms with Gasteiger partial charge in [0.05, 0.1) is 16.7 Å². The van der Waals surface area contributed by atoms with Crippen LogP contribution in [0.2, 0.25) is 0 Å². The van der Waals surface area contributed by atoms with Crippen LogP contribution in [0.1, 0.15) is 0 Å². The smallest absolute Gasteiger partial charge is 0.143 e. The van der Waals surface area contributed by atoms with Gasteiger partial charge in [-0.15, -0.1) is 0 Å². The molecule has 230 valence electrons. The van der Waals surface area contributed by atoms with Crippen molar-refractivity contribution < 1.29 is 4.42 Å². The minimum atomic E-state index is 0.847. The van der Waals surface area contributed by atoms with Crippen LogP contribution < -0.4 is 4.90 Å². The zero-order valence-corrected chi connectivity index (χ0v) is 26.5. The first kappa shape index (κ1) is 27.5. The molecule has 0 saturated carbocycles. The Morgan fingerprint density at radius 2 is 1.18 bits per heavy atom. The molecular weight excluding hydrogens is 599 g/mol. The molecular formula is C45H29N3O. The third-order valence-electron chi connectivity index (χ3n) is 9.67. The van der Waals surface area contributed by atoms with Crippen molar-refractivity contribution in [2.45, 2.75) is 0 Å². The number of hydrogen-bond donors (Lipinski definition) is 0. The molecule has 0 amide bonds. The summed E-state index contributed by atoms with van der Waals surface area (Å²) in [6.45, 7) is 0. The quantitative estimate of drug-likeness (QED) is 0.190. The summed E-state index contributed by atoms with van der Waals surface area (Å²) in [4.78, 5) is 6.70. The summed E-state index contributed by atoms with van der Waals surface area (Å²) in [5.74, 6) is 0. The zero-order chi connectivity index (χ0) is 32.3. The Bertz CT molecular complexity index is 2790. The summed E-state index contributed by atoms with van der Waals surface area (Å²) in [5, 5.41) is 7.00. The molecule has 0 unspecified atom stereocenters. The van der Waals surface area contributed by atoms with E-state index in [2.05, 4.69) is 172 Å². The molecule has 10 rings (SSSR count). The molecule has 49 heavy (non-hydrogen) atoms. The van der Waals surface area contributed by atoms with E-state index >= 15 is 0 Å². The lowest BCUT2D eigenvalue weighted by Crippen LogP contribution is -2.11. The fourth-order valence-electron chi connectivity index (χ4n) is 7.46. The minimum absolute atomic E-state index is 0.847. The Morgan fingerprint density at radius 1 is 0.510 bits per heavy atom. The van der Waals surface area contributed by atoms with E-state index in [1.54, 1.807) is 6.20 Å². The van der Waals surface area contributed by atoms with Gasteiger partial charge in [0.15, 0.2) is 0 Å². The monoisotopic (exact) mass is 627 g/mol. The second-order valence-corrected chi connectivity index (χ2v) is 12.4. The molecule has 7 aromatic carbocycles. The van der Waals surface area contributed by atoms with Crippen LogP contribution in [0.5, 0.6) is 0 Å². The first-order valence-corrected chi connectivity index (χ1v) is 16.5. The van der Waals surface area contributed by atoms with Gasteiger partial charge in [0.2, 0.25) is 0 Å². The molecule has 0 bridgehead atoms. The maximum atomic E-state index is 6.36. The minimum Gasteiger partial charge on any atom is -0.455 e. The zero-order valence-electron chi connectivity index (χ0n) is 26.5. The molecule has 10 aromatic rings. The largest absolute Gasteiger partial charge is 0.455 e. The van der Waals surface area contributed by atoms with Crippen LogP contribution in [0.3, 0.4) is 0 Å². The topological polar surface area (TPSA) is 34.2 Å². The Morgan fingerprint density at radius 3 is 2.00 bits per heavy atom. The molecule has 0 spiro atoms. The van der Waals surface area contributed by atoms with Crippen LogP contribution in [0.25, 0.3) is 71.3 Å². The van der Waals surface area contributed by atoms with Crippen molar-refractivity contribution in [1.29, 1.82) is 0 Å². The summed E-state index contributed by atoms with van der Waals surface area (Å²) < 4.78 is 8.74. The number of furan rings is 1. The number of anilines is 3. The molecule has 0 aliphatic heterocycles. The lowest BCUT2D eigenvalue weighted by atomic mass is 10.0. The second kappa shape index (κ2) is 11.0. The van der Waals surface area contributed by atoms with Crippen LogP contribution in [-0.2, 0) is 0 Å². The number of benzene rings is 7. The van der Waals surface area contributed by atoms with Gasteiger partial charge in [-0.1, -0.05) is 109 Å². The van der Waals surface area contributed by atoms with Crippen molar-refractivity contribution in [1.82, 2.24) is 9.55 Å². The van der Waals surface area contributed by atoms with E-state index in [-0.39, 0.29) is 0 Å². The van der Waals surface area contributed by atoms with Crippen LogP contribution in [0, 0.1) is 0 Å². The molecule has 0 atom stereocenters. The van der Waals surface area contributed by atoms with Crippen molar-refractivity contribution >= 4 is 71.6 Å². The normalized spacial score (nSPS) is 11.7. The highest BCUT2D eigenvalue weighted by Crippen LogP contribution is 2.42. The van der Waals surface area contributed by atoms with Gasteiger partial charge in [-0.05, 0) is 65.5 Å². The molecule has 0 N–H and O–H groups in total. The van der Waals surface area contributed by atoms with Crippen LogP contribution in [-0.4, -0.2) is 9.55 Å². The first-order valence-electron chi connectivity index (χ1n) is 16.5. The molecule has 0 fully saturated rings. The van der Waals surface area contributed by atoms with Gasteiger partial charge in [0.25, 0.3) is 0 Å². The Balaban J connectivity index is 1.15. The number of rotatable bonds is 5. The first-order chi connectivity index (χ1) is 24.3. The van der Waals surface area contributed by atoms with Crippen molar-refractivity contribution in [2.24, 2.45) is 0 Å². The van der Waals surface area contributed by atoms with Crippen LogP contribution >= 0.6 is 0 Å². The molecule has 0 saturated heterocycles. The van der Waals surface area contributed by atoms with Gasteiger partial charge in [0, 0.05) is 62.0 Å². The summed E-state index contributed by atoms with van der Waals surface area (Å²) in [6, 6.07) is 58.4. The summed E-state index contributed by atoms with van der Waals surface area (Å²) in [6.07, 6.45) is 3.65. The highest BCUT2D eigenvalue weighted by molar-refractivity contribution is 6.10. The van der Waals surface area contributed by atoms with Crippen LogP contribution in [0.4, 0.5) is 17.1 Å². The maximum absolute atomic E-state index is 6.36. The Labute approximate surface area is 282 Å². The number of hydrogen-bond acceptors (Lipinski definition) is 3. The van der Waals surface area contributed by atoms with E-state index in [1.165, 1.54) is 32.6 Å². The molecule has 0 aliphatic rings. The van der Waals surface area contributed by atoms with E-state index in [1.807, 2.05) is 12.3 Å². The van der Waals surface area contributed by atoms with Gasteiger partial charge in [-0.25, -0.2) is 0 Å². The molecule has 4 nitrogen and oxygen atoms in total. The van der Waals surface area contributed by atoms with E-state index in [9.17, 15) is 0 Å². The fourth-order valence-corrected chi connectivity index (χ4v) is 7.46. The fraction of sp³-hybridized carbons (Fsp3) is 0. The molecule has 3 heterocycles. The molecule has 0 radical (unpaired) electrons. The van der Waals surface area contributed by atoms with Gasteiger partial charge < -0.3 is 13.9 Å². The number of nitrogens with zero attached hydrogens (tertiary/aromatic N) is 3. The average Bonchev–Trinajstić information content (AvgIpc) is 3.72. The van der Waals surface area contributed by atoms with Gasteiger partial charge in [-0.3, -0.25) is 4.98 Å². The van der Waals surface area contributed by atoms with E-state index in [4.69, 9.17) is 4.42 Å². The number of para-hydroxylation sites is 3. The van der Waals surface area contributed by atoms with Crippen LogP contribution in [0.15, 0.2) is 181 Å². The highest BCUT2D eigenvalue weighted by atomic mass is 16.3. The summed E-state index contributed by atoms with van der Waals surface area (Å²) in [5.41, 5.74) is 10.6. The molecule has 4 heteroatoms. The number of fused-ring (bicyclic) bond motifs is 7. The van der Waals surface area contributed by atoms with Gasteiger partial charge in [-0.2, -0.15) is 0 Å². The van der Waals surface area contributed by atoms with Gasteiger partial charge >= 0.3 is 0 Å². The molecule has 0 aliphatic carbocycles. The number of pyridine rings is 1. The third-order valence-corrected chi connectivity index (χ3v) is 9.67. The lowest BCUT2D eigenvalue weighted by molar-refractivity contribution is 0.669. The highest BCUT2D eigenvalue weighted by Gasteiger charge is 2.19. The van der Waals surface area contributed by atoms with Gasteiger partial charge in [0.1, 0.15) is 11.2 Å². The maximum Gasteiger partial charge on any atom is 0.143 e. The number of aromatic nitrogens is 2. The summed E-state index contributed by atoms with van der Waals surface area (Å²) >= 11 is 0. The van der Waals surface area contributed by atoms with E-state index in [0.717, 1.165) is 55.8 Å². The van der Waals surface area contributed by atoms with Crippen molar-refractivity contribution in [3.8, 4) is 16.8 Å². The third kappa shape index (κ3) is 4.35. The SMILES string of the molecule is c1cc(N(c2ccc(-c3cccc4c3oc3ccncc34)cc2)c2cccc3ccccc23)cc(-n2c3ccccc3c3ccccc32)c1.